The van der Waals surface area contributed by atoms with Crippen molar-refractivity contribution in [2.24, 2.45) is 0 Å². The molecule has 0 unspecified atom stereocenters. The molecule has 0 saturated heterocycles. The fourth-order valence-corrected chi connectivity index (χ4v) is 7.86. The highest BCUT2D eigenvalue weighted by molar-refractivity contribution is 7.99. The maximum Gasteiger partial charge on any atom is 0.0630 e. The number of fused-ring (bicyclic) bond motifs is 2. The maximum absolute atomic E-state index is 9.38. The third-order valence-electron chi connectivity index (χ3n) is 8.82. The van der Waals surface area contributed by atoms with Gasteiger partial charge in [0.05, 0.1) is 17.8 Å². The summed E-state index contributed by atoms with van der Waals surface area (Å²) in [6, 6.07) is 20.2. The third-order valence-corrected chi connectivity index (χ3v) is 9.96. The Bertz CT molecular complexity index is 3340. The van der Waals surface area contributed by atoms with Crippen molar-refractivity contribution >= 4 is 54.9 Å². The molecule has 0 aromatic heterocycles. The van der Waals surface area contributed by atoms with Gasteiger partial charge in [0, 0.05) is 15.2 Å². The highest BCUT2D eigenvalue weighted by atomic mass is 32.2. The molecule has 9 aromatic rings. The van der Waals surface area contributed by atoms with Crippen LogP contribution in [-0.2, 0) is 6.42 Å². The zero-order chi connectivity index (χ0) is 41.5. The lowest BCUT2D eigenvalue weighted by atomic mass is 9.87. The Morgan fingerprint density at radius 2 is 1.17 bits per heavy atom. The molecular weight excluding hydrogens is 573 g/mol. The lowest BCUT2D eigenvalue weighted by Gasteiger charge is -2.21. The molecule has 0 nitrogen and oxygen atoms in total. The van der Waals surface area contributed by atoms with Crippen molar-refractivity contribution in [2.45, 2.75) is 16.2 Å². The Hall–Kier alpha value is -5.37. The first-order valence-electron chi connectivity index (χ1n) is 21.4. The molecule has 0 atom stereocenters. The first-order valence-corrected chi connectivity index (χ1v) is 15.7. The van der Waals surface area contributed by atoms with Gasteiger partial charge in [-0.05, 0) is 113 Å². The van der Waals surface area contributed by atoms with Gasteiger partial charge in [-0.3, -0.25) is 0 Å². The van der Waals surface area contributed by atoms with Gasteiger partial charge >= 0.3 is 0 Å². The van der Waals surface area contributed by atoms with Gasteiger partial charge in [-0.15, -0.1) is 0 Å². The van der Waals surface area contributed by atoms with Crippen LogP contribution in [0.2, 0.25) is 0 Å². The SMILES string of the molecule is [2H]c1c([2H])c([2H])c(Cc2c([2H])c([2H])c3c([2H])c([2H])c4c(-c5cccc(-c6ccc7c(c6)-c6cccc8cccc(c68)S7)c5)c([2H])c([2H])c5c([2H])c([2H])c2c3c54)c([2H])c1[2H]. The Labute approximate surface area is 290 Å². The van der Waals surface area contributed by atoms with Gasteiger partial charge in [-0.25, -0.2) is 0 Å². The normalized spacial score (nSPS) is 16.3. The fraction of sp³-hybridized carbons (Fsp3) is 0.0222. The van der Waals surface area contributed by atoms with Crippen LogP contribution in [0.25, 0.3) is 76.5 Å². The van der Waals surface area contributed by atoms with Crippen LogP contribution >= 0.6 is 11.8 Å². The van der Waals surface area contributed by atoms with E-state index >= 15 is 0 Å². The molecule has 0 saturated carbocycles. The van der Waals surface area contributed by atoms with Crippen LogP contribution in [-0.4, -0.2) is 0 Å². The third kappa shape index (κ3) is 3.95. The van der Waals surface area contributed by atoms with Gasteiger partial charge in [-0.1, -0.05) is 145 Å². The van der Waals surface area contributed by atoms with Gasteiger partial charge in [0.1, 0.15) is 0 Å². The molecule has 9 aromatic carbocycles. The predicted octanol–water partition coefficient (Wildman–Crippen LogP) is 12.8. The van der Waals surface area contributed by atoms with Gasteiger partial charge < -0.3 is 0 Å². The summed E-state index contributed by atoms with van der Waals surface area (Å²) < 4.78 is 116. The highest BCUT2D eigenvalue weighted by Crippen LogP contribution is 2.49. The van der Waals surface area contributed by atoms with Crippen LogP contribution < -0.4 is 0 Å². The van der Waals surface area contributed by atoms with Gasteiger partial charge in [-0.2, -0.15) is 0 Å². The maximum atomic E-state index is 9.38. The lowest BCUT2D eigenvalue weighted by Crippen LogP contribution is -1.94. The van der Waals surface area contributed by atoms with E-state index in [1.807, 2.05) is 24.3 Å². The molecular formula is C45H28S. The zero-order valence-electron chi connectivity index (χ0n) is 37.1. The van der Waals surface area contributed by atoms with Gasteiger partial charge in [0.25, 0.3) is 0 Å². The van der Waals surface area contributed by atoms with E-state index in [0.717, 1.165) is 32.5 Å². The summed E-state index contributed by atoms with van der Waals surface area (Å²) in [5.74, 6) is 0. The molecule has 10 rings (SSSR count). The number of benzene rings is 9. The molecule has 1 heteroatoms. The van der Waals surface area contributed by atoms with E-state index in [0.29, 0.717) is 5.56 Å². The van der Waals surface area contributed by atoms with Crippen LogP contribution in [0.1, 0.15) is 28.9 Å². The average Bonchev–Trinajstić information content (AvgIpc) is 3.24. The summed E-state index contributed by atoms with van der Waals surface area (Å²) in [5, 5.41) is 2.38. The molecule has 0 amide bonds. The van der Waals surface area contributed by atoms with E-state index in [1.54, 1.807) is 17.8 Å². The molecule has 46 heavy (non-hydrogen) atoms. The molecule has 0 N–H and O–H groups in total. The molecule has 0 bridgehead atoms. The van der Waals surface area contributed by atoms with E-state index in [9.17, 15) is 8.22 Å². The van der Waals surface area contributed by atoms with Crippen LogP contribution in [0.4, 0.5) is 0 Å². The monoisotopic (exact) mass is 613 g/mol. The largest absolute Gasteiger partial charge is 0.0888 e. The second kappa shape index (κ2) is 10.1. The minimum atomic E-state index is -0.595. The summed E-state index contributed by atoms with van der Waals surface area (Å²) >= 11 is 1.72. The fourth-order valence-electron chi connectivity index (χ4n) is 6.73. The van der Waals surface area contributed by atoms with Crippen molar-refractivity contribution in [3.8, 4) is 33.4 Å². The van der Waals surface area contributed by atoms with Crippen LogP contribution in [0.15, 0.2) is 167 Å². The molecule has 1 aliphatic rings. The van der Waals surface area contributed by atoms with E-state index in [4.69, 9.17) is 9.60 Å². The van der Waals surface area contributed by atoms with Crippen LogP contribution in [0.3, 0.4) is 0 Å². The minimum absolute atomic E-state index is 0.0378. The summed E-state index contributed by atoms with van der Waals surface area (Å²) in [6.07, 6.45) is -0.452. The Morgan fingerprint density at radius 3 is 2.07 bits per heavy atom. The van der Waals surface area contributed by atoms with Gasteiger partial charge in [0.2, 0.25) is 0 Å². The van der Waals surface area contributed by atoms with Crippen molar-refractivity contribution in [1.82, 2.24) is 0 Å². The van der Waals surface area contributed by atoms with Crippen molar-refractivity contribution < 1.29 is 17.8 Å². The topological polar surface area (TPSA) is 0 Å². The molecule has 0 aliphatic carbocycles. The Balaban J connectivity index is 1.24. The average molecular weight is 614 g/mol. The highest BCUT2D eigenvalue weighted by Gasteiger charge is 2.20. The van der Waals surface area contributed by atoms with E-state index in [2.05, 4.69) is 48.5 Å². The molecule has 1 heterocycles. The smallest absolute Gasteiger partial charge is 0.0630 e. The number of hydrogen-bond donors (Lipinski definition) is 0. The first kappa shape index (κ1) is 16.3. The minimum Gasteiger partial charge on any atom is -0.0888 e. The second-order valence-electron chi connectivity index (χ2n) is 11.4. The summed E-state index contributed by atoms with van der Waals surface area (Å²) in [6.45, 7) is 0. The molecule has 0 spiro atoms. The quantitative estimate of drug-likeness (QED) is 0.178. The Morgan fingerprint density at radius 1 is 0.457 bits per heavy atom. The summed E-state index contributed by atoms with van der Waals surface area (Å²) in [5.41, 5.74) is 4.36. The van der Waals surface area contributed by atoms with E-state index in [-0.39, 0.29) is 67.1 Å². The first-order chi connectivity index (χ1) is 28.2. The predicted molar refractivity (Wildman–Crippen MR) is 197 cm³/mol. The van der Waals surface area contributed by atoms with Gasteiger partial charge in [0.15, 0.2) is 0 Å². The zero-order valence-corrected chi connectivity index (χ0v) is 24.9. The number of hydrogen-bond acceptors (Lipinski definition) is 1. The second-order valence-corrected chi connectivity index (χ2v) is 12.5. The summed E-state index contributed by atoms with van der Waals surface area (Å²) in [4.78, 5) is 2.31. The van der Waals surface area contributed by atoms with E-state index in [1.165, 1.54) is 10.3 Å². The summed E-state index contributed by atoms with van der Waals surface area (Å²) in [7, 11) is 0. The molecule has 1 aliphatic heterocycles. The molecule has 214 valence electrons. The molecule has 0 radical (unpaired) electrons. The van der Waals surface area contributed by atoms with Crippen molar-refractivity contribution in [3.63, 3.8) is 0 Å². The lowest BCUT2D eigenvalue weighted by molar-refractivity contribution is 1.22. The Kier molecular flexibility index (Phi) is 3.56. The number of rotatable bonds is 4. The van der Waals surface area contributed by atoms with Crippen molar-refractivity contribution in [1.29, 1.82) is 0 Å². The van der Waals surface area contributed by atoms with Crippen LogP contribution in [0, 0.1) is 0 Å². The van der Waals surface area contributed by atoms with Crippen molar-refractivity contribution in [3.05, 3.63) is 169 Å². The van der Waals surface area contributed by atoms with E-state index < -0.39 is 66.8 Å². The van der Waals surface area contributed by atoms with Crippen LogP contribution in [0.5, 0.6) is 0 Å². The standard InChI is InChI=1S/C45H28S/c1-2-7-28(8-3-1)25-35-16-15-30-19-23-39-36(21-17-31-18-22-37(35)44(30)45(31)39)34-12-4-11-32(26-34)33-20-24-41-40(27-33)38-13-5-9-29-10-6-14-42(46-41)43(29)38/h1-24,26-27H,25H2/i1D,2D,3D,7D,8D,15D,16D,17D,18D,19D,21D,22D,23D. The van der Waals surface area contributed by atoms with Crippen molar-refractivity contribution in [2.75, 3.05) is 0 Å². The molecule has 0 fully saturated rings.